The van der Waals surface area contributed by atoms with Crippen molar-refractivity contribution in [3.05, 3.63) is 64.2 Å². The van der Waals surface area contributed by atoms with Crippen molar-refractivity contribution < 1.29 is 19.5 Å². The Morgan fingerprint density at radius 1 is 0.963 bits per heavy atom. The number of nitrogens with zero attached hydrogens (tertiary/aromatic N) is 1. The van der Waals surface area contributed by atoms with Crippen LogP contribution in [0.1, 0.15) is 50.3 Å². The van der Waals surface area contributed by atoms with Gasteiger partial charge in [0.15, 0.2) is 0 Å². The number of carboxylic acid groups (broad SMARTS) is 1. The Balaban J connectivity index is 1.73. The van der Waals surface area contributed by atoms with E-state index in [9.17, 15) is 14.4 Å². The highest BCUT2D eigenvalue weighted by Gasteiger charge is 2.20. The van der Waals surface area contributed by atoms with Crippen molar-refractivity contribution in [2.75, 3.05) is 18.4 Å². The molecule has 0 aromatic heterocycles. The third-order valence-corrected chi connectivity index (χ3v) is 4.79. The van der Waals surface area contributed by atoms with Crippen LogP contribution in [-0.4, -0.2) is 40.9 Å². The summed E-state index contributed by atoms with van der Waals surface area (Å²) in [4.78, 5) is 37.7. The van der Waals surface area contributed by atoms with Crippen LogP contribution < -0.4 is 5.32 Å². The molecule has 7 heteroatoms. The Hall–Kier alpha value is -2.86. The number of piperidine rings is 1. The van der Waals surface area contributed by atoms with Gasteiger partial charge in [0, 0.05) is 24.3 Å². The number of halogens is 1. The van der Waals surface area contributed by atoms with E-state index >= 15 is 0 Å². The standard InChI is InChI=1S/C20H19ClN2O4/c21-17-12-15(7-8-16(17)19(25)23-9-2-1-3-10-23)22-18(24)13-5-4-6-14(11-13)20(26)27/h4-8,11-12H,1-3,9-10H2,(H,22,24)(H,26,27). The van der Waals surface area contributed by atoms with Crippen molar-refractivity contribution in [3.8, 4) is 0 Å². The molecule has 3 rings (SSSR count). The second-order valence-corrected chi connectivity index (χ2v) is 6.79. The lowest BCUT2D eigenvalue weighted by molar-refractivity contribution is 0.0694. The van der Waals surface area contributed by atoms with Crippen LogP contribution in [0.4, 0.5) is 5.69 Å². The lowest BCUT2D eigenvalue weighted by Crippen LogP contribution is -2.35. The van der Waals surface area contributed by atoms with Crippen LogP contribution in [0.3, 0.4) is 0 Å². The average Bonchev–Trinajstić information content (AvgIpc) is 2.68. The first-order valence-electron chi connectivity index (χ1n) is 8.69. The zero-order chi connectivity index (χ0) is 19.4. The topological polar surface area (TPSA) is 86.7 Å². The fourth-order valence-corrected chi connectivity index (χ4v) is 3.29. The Labute approximate surface area is 161 Å². The number of rotatable bonds is 4. The van der Waals surface area contributed by atoms with Crippen molar-refractivity contribution in [2.45, 2.75) is 19.3 Å². The molecule has 2 aromatic rings. The second kappa shape index (κ2) is 8.22. The van der Waals surface area contributed by atoms with Crippen molar-refractivity contribution in [1.82, 2.24) is 4.90 Å². The maximum atomic E-state index is 12.6. The number of benzene rings is 2. The fourth-order valence-electron chi connectivity index (χ4n) is 3.03. The van der Waals surface area contributed by atoms with E-state index in [0.29, 0.717) is 11.3 Å². The summed E-state index contributed by atoms with van der Waals surface area (Å²) in [5.74, 6) is -1.66. The highest BCUT2D eigenvalue weighted by Crippen LogP contribution is 2.24. The Kier molecular flexibility index (Phi) is 5.76. The van der Waals surface area contributed by atoms with Gasteiger partial charge in [-0.15, -0.1) is 0 Å². The van der Waals surface area contributed by atoms with Gasteiger partial charge in [-0.25, -0.2) is 4.79 Å². The molecule has 27 heavy (non-hydrogen) atoms. The average molecular weight is 387 g/mol. The van der Waals surface area contributed by atoms with E-state index in [1.54, 1.807) is 17.0 Å². The third-order valence-electron chi connectivity index (χ3n) is 4.47. The monoisotopic (exact) mass is 386 g/mol. The zero-order valence-electron chi connectivity index (χ0n) is 14.6. The number of hydrogen-bond donors (Lipinski definition) is 2. The molecule has 0 saturated carbocycles. The van der Waals surface area contributed by atoms with Gasteiger partial charge in [0.25, 0.3) is 11.8 Å². The Morgan fingerprint density at radius 3 is 2.33 bits per heavy atom. The summed E-state index contributed by atoms with van der Waals surface area (Å²) in [6, 6.07) is 10.5. The molecule has 6 nitrogen and oxygen atoms in total. The molecule has 2 amide bonds. The van der Waals surface area contributed by atoms with E-state index in [0.717, 1.165) is 32.4 Å². The van der Waals surface area contributed by atoms with Crippen molar-refractivity contribution >= 4 is 35.1 Å². The number of aromatic carboxylic acids is 1. The zero-order valence-corrected chi connectivity index (χ0v) is 15.3. The summed E-state index contributed by atoms with van der Waals surface area (Å²) in [5.41, 5.74) is 1.09. The van der Waals surface area contributed by atoms with Crippen LogP contribution in [-0.2, 0) is 0 Å². The van der Waals surface area contributed by atoms with E-state index in [-0.39, 0.29) is 22.1 Å². The number of nitrogens with one attached hydrogen (secondary N) is 1. The molecule has 1 aliphatic rings. The van der Waals surface area contributed by atoms with E-state index < -0.39 is 11.9 Å². The molecule has 0 radical (unpaired) electrons. The van der Waals surface area contributed by atoms with Crippen LogP contribution >= 0.6 is 11.6 Å². The smallest absolute Gasteiger partial charge is 0.335 e. The second-order valence-electron chi connectivity index (χ2n) is 6.39. The normalized spacial score (nSPS) is 13.9. The van der Waals surface area contributed by atoms with Crippen LogP contribution in [0.15, 0.2) is 42.5 Å². The summed E-state index contributed by atoms with van der Waals surface area (Å²) in [6.07, 6.45) is 3.12. The first-order chi connectivity index (χ1) is 13.0. The Morgan fingerprint density at radius 2 is 1.67 bits per heavy atom. The number of anilines is 1. The maximum Gasteiger partial charge on any atom is 0.335 e. The number of carbonyl (C=O) groups excluding carboxylic acids is 2. The lowest BCUT2D eigenvalue weighted by Gasteiger charge is -2.27. The Bertz CT molecular complexity index is 891. The van der Waals surface area contributed by atoms with E-state index in [1.807, 2.05) is 0 Å². The largest absolute Gasteiger partial charge is 0.478 e. The van der Waals surface area contributed by atoms with Crippen molar-refractivity contribution in [3.63, 3.8) is 0 Å². The third kappa shape index (κ3) is 4.46. The number of amides is 2. The van der Waals surface area contributed by atoms with Crippen LogP contribution in [0.5, 0.6) is 0 Å². The van der Waals surface area contributed by atoms with Crippen LogP contribution in [0.2, 0.25) is 5.02 Å². The predicted octanol–water partition coefficient (Wildman–Crippen LogP) is 3.92. The molecule has 1 heterocycles. The van der Waals surface area contributed by atoms with Gasteiger partial charge in [0.1, 0.15) is 0 Å². The maximum absolute atomic E-state index is 12.6. The summed E-state index contributed by atoms with van der Waals surface area (Å²) in [5, 5.41) is 12.0. The molecular formula is C20H19ClN2O4. The fraction of sp³-hybridized carbons (Fsp3) is 0.250. The minimum absolute atomic E-state index is 0.0307. The molecule has 2 aromatic carbocycles. The minimum atomic E-state index is -1.10. The van der Waals surface area contributed by atoms with E-state index in [1.165, 1.54) is 30.3 Å². The minimum Gasteiger partial charge on any atom is -0.478 e. The van der Waals surface area contributed by atoms with Gasteiger partial charge in [-0.3, -0.25) is 9.59 Å². The number of likely N-dealkylation sites (tertiary alicyclic amines) is 1. The number of carboxylic acids is 1. The van der Waals surface area contributed by atoms with Crippen LogP contribution in [0, 0.1) is 0 Å². The summed E-state index contributed by atoms with van der Waals surface area (Å²) < 4.78 is 0. The molecule has 1 saturated heterocycles. The van der Waals surface area contributed by atoms with Crippen LogP contribution in [0.25, 0.3) is 0 Å². The number of hydrogen-bond acceptors (Lipinski definition) is 3. The molecule has 1 aliphatic heterocycles. The molecule has 0 bridgehead atoms. The summed E-state index contributed by atoms with van der Waals surface area (Å²) in [7, 11) is 0. The van der Waals surface area contributed by atoms with Gasteiger partial charge in [-0.05, 0) is 55.7 Å². The first kappa shape index (κ1) is 18.9. The molecule has 0 aliphatic carbocycles. The molecule has 2 N–H and O–H groups in total. The quantitative estimate of drug-likeness (QED) is 0.833. The molecule has 140 valence electrons. The van der Waals surface area contributed by atoms with E-state index in [2.05, 4.69) is 5.32 Å². The van der Waals surface area contributed by atoms with Gasteiger partial charge in [0.05, 0.1) is 16.1 Å². The van der Waals surface area contributed by atoms with Gasteiger partial charge in [-0.1, -0.05) is 17.7 Å². The number of carbonyl (C=O) groups is 3. The predicted molar refractivity (Wildman–Crippen MR) is 103 cm³/mol. The van der Waals surface area contributed by atoms with Gasteiger partial charge in [-0.2, -0.15) is 0 Å². The molecule has 0 unspecified atom stereocenters. The lowest BCUT2D eigenvalue weighted by atomic mass is 10.1. The SMILES string of the molecule is O=C(O)c1cccc(C(=O)Nc2ccc(C(=O)N3CCCCC3)c(Cl)c2)c1. The van der Waals surface area contributed by atoms with Crippen molar-refractivity contribution in [2.24, 2.45) is 0 Å². The van der Waals surface area contributed by atoms with Crippen molar-refractivity contribution in [1.29, 1.82) is 0 Å². The first-order valence-corrected chi connectivity index (χ1v) is 9.07. The van der Waals surface area contributed by atoms with E-state index in [4.69, 9.17) is 16.7 Å². The molecular weight excluding hydrogens is 368 g/mol. The highest BCUT2D eigenvalue weighted by atomic mass is 35.5. The van der Waals surface area contributed by atoms with Gasteiger partial charge >= 0.3 is 5.97 Å². The summed E-state index contributed by atoms with van der Waals surface area (Å²) in [6.45, 7) is 1.46. The summed E-state index contributed by atoms with van der Waals surface area (Å²) >= 11 is 6.26. The van der Waals surface area contributed by atoms with Gasteiger partial charge in [0.2, 0.25) is 0 Å². The van der Waals surface area contributed by atoms with Gasteiger partial charge < -0.3 is 15.3 Å². The molecule has 1 fully saturated rings. The highest BCUT2D eigenvalue weighted by molar-refractivity contribution is 6.34. The molecule has 0 atom stereocenters. The molecule has 0 spiro atoms.